The number of amides is 1. The van der Waals surface area contributed by atoms with E-state index in [9.17, 15) is 14.4 Å². The summed E-state index contributed by atoms with van der Waals surface area (Å²) in [4.78, 5) is 36.2. The van der Waals surface area contributed by atoms with Gasteiger partial charge in [-0.15, -0.1) is 0 Å². The van der Waals surface area contributed by atoms with Crippen molar-refractivity contribution in [3.63, 3.8) is 0 Å². The lowest BCUT2D eigenvalue weighted by molar-refractivity contribution is -0.146. The van der Waals surface area contributed by atoms with Gasteiger partial charge in [-0.3, -0.25) is 14.4 Å². The fourth-order valence-electron chi connectivity index (χ4n) is 2.59. The highest BCUT2D eigenvalue weighted by Gasteiger charge is 2.19. The highest BCUT2D eigenvalue weighted by molar-refractivity contribution is 6.00. The van der Waals surface area contributed by atoms with E-state index in [4.69, 9.17) is 9.47 Å². The molecule has 1 unspecified atom stereocenters. The van der Waals surface area contributed by atoms with Crippen LogP contribution in [0.15, 0.2) is 48.5 Å². The molecule has 1 amide bonds. The SMILES string of the molecule is Cc1ccc(OCCCC(=O)OC(C)C(=O)c2ccc(NC(=O)C(C)C)cc2)cc1. The van der Waals surface area contributed by atoms with E-state index in [0.29, 0.717) is 24.3 Å². The van der Waals surface area contributed by atoms with Crippen LogP contribution in [0.4, 0.5) is 5.69 Å². The van der Waals surface area contributed by atoms with Gasteiger partial charge in [0.15, 0.2) is 6.10 Å². The predicted octanol–water partition coefficient (Wildman–Crippen LogP) is 4.56. The molecule has 0 saturated carbocycles. The number of rotatable bonds is 10. The zero-order valence-electron chi connectivity index (χ0n) is 17.9. The van der Waals surface area contributed by atoms with Crippen LogP contribution in [0.5, 0.6) is 5.75 Å². The molecule has 0 aliphatic carbocycles. The van der Waals surface area contributed by atoms with Gasteiger partial charge in [-0.05, 0) is 56.7 Å². The van der Waals surface area contributed by atoms with Gasteiger partial charge in [0.05, 0.1) is 6.61 Å². The lowest BCUT2D eigenvalue weighted by Crippen LogP contribution is -2.24. The van der Waals surface area contributed by atoms with Gasteiger partial charge in [-0.2, -0.15) is 0 Å². The Labute approximate surface area is 177 Å². The van der Waals surface area contributed by atoms with Crippen LogP contribution in [0, 0.1) is 12.8 Å². The van der Waals surface area contributed by atoms with Crippen molar-refractivity contribution in [1.29, 1.82) is 0 Å². The molecule has 30 heavy (non-hydrogen) atoms. The minimum Gasteiger partial charge on any atom is -0.494 e. The molecular weight excluding hydrogens is 382 g/mol. The third kappa shape index (κ3) is 7.35. The maximum absolute atomic E-state index is 12.5. The maximum atomic E-state index is 12.5. The molecule has 0 saturated heterocycles. The normalized spacial score (nSPS) is 11.6. The van der Waals surface area contributed by atoms with Gasteiger partial charge in [0.2, 0.25) is 11.7 Å². The molecule has 2 rings (SSSR count). The number of nitrogens with one attached hydrogen (secondary N) is 1. The molecule has 0 spiro atoms. The highest BCUT2D eigenvalue weighted by Crippen LogP contribution is 2.15. The Morgan fingerprint density at radius 2 is 1.57 bits per heavy atom. The molecular formula is C24H29NO5. The molecule has 0 aliphatic heterocycles. The van der Waals surface area contributed by atoms with Crippen molar-refractivity contribution in [2.75, 3.05) is 11.9 Å². The first-order chi connectivity index (χ1) is 14.3. The Morgan fingerprint density at radius 1 is 0.933 bits per heavy atom. The van der Waals surface area contributed by atoms with Crippen molar-refractivity contribution >= 4 is 23.3 Å². The third-order valence-corrected chi connectivity index (χ3v) is 4.45. The van der Waals surface area contributed by atoms with E-state index >= 15 is 0 Å². The van der Waals surface area contributed by atoms with Crippen LogP contribution in [0.3, 0.4) is 0 Å². The summed E-state index contributed by atoms with van der Waals surface area (Å²) in [7, 11) is 0. The average Bonchev–Trinajstić information content (AvgIpc) is 2.72. The van der Waals surface area contributed by atoms with Crippen LogP contribution in [0.25, 0.3) is 0 Å². The molecule has 6 heteroatoms. The number of hydrogen-bond donors (Lipinski definition) is 1. The molecule has 0 aliphatic rings. The summed E-state index contributed by atoms with van der Waals surface area (Å²) >= 11 is 0. The lowest BCUT2D eigenvalue weighted by atomic mass is 10.1. The van der Waals surface area contributed by atoms with Gasteiger partial charge in [-0.25, -0.2) is 0 Å². The minimum absolute atomic E-state index is 0.0947. The molecule has 2 aromatic rings. The molecule has 6 nitrogen and oxygen atoms in total. The van der Waals surface area contributed by atoms with Gasteiger partial charge in [0.25, 0.3) is 0 Å². The Kier molecular flexibility index (Phi) is 8.59. The number of anilines is 1. The first kappa shape index (κ1) is 23.1. The van der Waals surface area contributed by atoms with Gasteiger partial charge in [0.1, 0.15) is 5.75 Å². The van der Waals surface area contributed by atoms with Crippen molar-refractivity contribution in [2.45, 2.75) is 46.6 Å². The molecule has 0 fully saturated rings. The standard InChI is InChI=1S/C24H29NO5/c1-16(2)24(28)25-20-11-9-19(10-12-20)23(27)18(4)30-22(26)6-5-15-29-21-13-7-17(3)8-14-21/h7-14,16,18H,5-6,15H2,1-4H3,(H,25,28). The lowest BCUT2D eigenvalue weighted by Gasteiger charge is -2.13. The third-order valence-electron chi connectivity index (χ3n) is 4.45. The molecule has 0 bridgehead atoms. The highest BCUT2D eigenvalue weighted by atomic mass is 16.5. The van der Waals surface area contributed by atoms with E-state index < -0.39 is 12.1 Å². The Morgan fingerprint density at radius 3 is 2.17 bits per heavy atom. The monoisotopic (exact) mass is 411 g/mol. The first-order valence-corrected chi connectivity index (χ1v) is 10.1. The van der Waals surface area contributed by atoms with E-state index in [1.54, 1.807) is 45.0 Å². The number of Topliss-reactive ketones (excluding diaryl/α,β-unsaturated/α-hetero) is 1. The van der Waals surface area contributed by atoms with E-state index in [0.717, 1.165) is 11.3 Å². The zero-order valence-corrected chi connectivity index (χ0v) is 17.9. The summed E-state index contributed by atoms with van der Waals surface area (Å²) in [5.41, 5.74) is 2.18. The van der Waals surface area contributed by atoms with Crippen LogP contribution >= 0.6 is 0 Å². The summed E-state index contributed by atoms with van der Waals surface area (Å²) in [5, 5.41) is 2.76. The number of carbonyl (C=O) groups excluding carboxylic acids is 3. The van der Waals surface area contributed by atoms with E-state index in [-0.39, 0.29) is 24.0 Å². The summed E-state index contributed by atoms with van der Waals surface area (Å²) in [6.45, 7) is 7.55. The quantitative estimate of drug-likeness (QED) is 0.352. The largest absolute Gasteiger partial charge is 0.494 e. The topological polar surface area (TPSA) is 81.7 Å². The number of carbonyl (C=O) groups is 3. The second-order valence-corrected chi connectivity index (χ2v) is 7.48. The smallest absolute Gasteiger partial charge is 0.306 e. The second-order valence-electron chi connectivity index (χ2n) is 7.48. The van der Waals surface area contributed by atoms with Crippen LogP contribution in [0.2, 0.25) is 0 Å². The fourth-order valence-corrected chi connectivity index (χ4v) is 2.59. The number of esters is 1. The molecule has 0 radical (unpaired) electrons. The van der Waals surface area contributed by atoms with Gasteiger partial charge < -0.3 is 14.8 Å². The minimum atomic E-state index is -0.883. The van der Waals surface area contributed by atoms with Crippen molar-refractivity contribution in [3.8, 4) is 5.75 Å². The summed E-state index contributed by atoms with van der Waals surface area (Å²) < 4.78 is 10.8. The van der Waals surface area contributed by atoms with Crippen LogP contribution < -0.4 is 10.1 Å². The summed E-state index contributed by atoms with van der Waals surface area (Å²) in [6.07, 6.45) is -0.215. The Hall–Kier alpha value is -3.15. The van der Waals surface area contributed by atoms with E-state index in [2.05, 4.69) is 5.32 Å². The van der Waals surface area contributed by atoms with Crippen molar-refractivity contribution in [3.05, 3.63) is 59.7 Å². The van der Waals surface area contributed by atoms with Crippen LogP contribution in [-0.2, 0) is 14.3 Å². The molecule has 2 aromatic carbocycles. The molecule has 0 aromatic heterocycles. The van der Waals surface area contributed by atoms with Crippen molar-refractivity contribution < 1.29 is 23.9 Å². The first-order valence-electron chi connectivity index (χ1n) is 10.1. The maximum Gasteiger partial charge on any atom is 0.306 e. The Bertz CT molecular complexity index is 856. The van der Waals surface area contributed by atoms with Gasteiger partial charge >= 0.3 is 5.97 Å². The van der Waals surface area contributed by atoms with Crippen LogP contribution in [0.1, 0.15) is 49.5 Å². The van der Waals surface area contributed by atoms with Crippen molar-refractivity contribution in [2.24, 2.45) is 5.92 Å². The molecule has 160 valence electrons. The number of ether oxygens (including phenoxy) is 2. The van der Waals surface area contributed by atoms with E-state index in [1.807, 2.05) is 31.2 Å². The van der Waals surface area contributed by atoms with Crippen LogP contribution in [-0.4, -0.2) is 30.4 Å². The second kappa shape index (κ2) is 11.1. The van der Waals surface area contributed by atoms with Gasteiger partial charge in [-0.1, -0.05) is 31.5 Å². The predicted molar refractivity (Wildman–Crippen MR) is 116 cm³/mol. The van der Waals surface area contributed by atoms with Crippen molar-refractivity contribution in [1.82, 2.24) is 0 Å². The molecule has 0 heterocycles. The molecule has 1 atom stereocenters. The summed E-state index contributed by atoms with van der Waals surface area (Å²) in [6, 6.07) is 14.2. The Balaban J connectivity index is 1.75. The molecule has 1 N–H and O–H groups in total. The number of ketones is 1. The fraction of sp³-hybridized carbons (Fsp3) is 0.375. The number of aryl methyl sites for hydroxylation is 1. The number of hydrogen-bond acceptors (Lipinski definition) is 5. The average molecular weight is 411 g/mol. The van der Waals surface area contributed by atoms with Gasteiger partial charge in [0, 0.05) is 23.6 Å². The number of benzene rings is 2. The zero-order chi connectivity index (χ0) is 22.1. The van der Waals surface area contributed by atoms with E-state index in [1.165, 1.54) is 0 Å². The summed E-state index contributed by atoms with van der Waals surface area (Å²) in [5.74, 6) is -0.202.